The Balaban J connectivity index is 2.70. The molecule has 20 heavy (non-hydrogen) atoms. The second-order valence-electron chi connectivity index (χ2n) is 4.72. The average molecular weight is 295 g/mol. The molecule has 1 nitrogen and oxygen atoms in total. The van der Waals surface area contributed by atoms with E-state index in [0.29, 0.717) is 6.54 Å². The van der Waals surface area contributed by atoms with Crippen molar-refractivity contribution in [2.24, 2.45) is 0 Å². The van der Waals surface area contributed by atoms with E-state index in [2.05, 4.69) is 5.32 Å². The van der Waals surface area contributed by atoms with Crippen molar-refractivity contribution in [3.8, 4) is 0 Å². The van der Waals surface area contributed by atoms with Crippen LogP contribution in [0.15, 0.2) is 18.2 Å². The van der Waals surface area contributed by atoms with Crippen molar-refractivity contribution in [1.29, 1.82) is 0 Å². The molecule has 1 unspecified atom stereocenters. The van der Waals surface area contributed by atoms with Gasteiger partial charge in [0.2, 0.25) is 0 Å². The summed E-state index contributed by atoms with van der Waals surface area (Å²) in [4.78, 5) is 0. The second kappa shape index (κ2) is 7.57. The molecule has 0 amide bonds. The molecule has 0 heterocycles. The van der Waals surface area contributed by atoms with Crippen LogP contribution in [0.4, 0.5) is 22.0 Å². The van der Waals surface area contributed by atoms with Gasteiger partial charge in [-0.25, -0.2) is 8.78 Å². The Hall–Kier alpha value is -1.17. The maximum Gasteiger partial charge on any atom is 0.389 e. The molecule has 1 N–H and O–H groups in total. The van der Waals surface area contributed by atoms with E-state index >= 15 is 0 Å². The third-order valence-corrected chi connectivity index (χ3v) is 2.96. The largest absolute Gasteiger partial charge is 0.389 e. The molecule has 0 aliphatic rings. The zero-order valence-electron chi connectivity index (χ0n) is 11.2. The van der Waals surface area contributed by atoms with E-state index in [0.717, 1.165) is 12.5 Å². The fourth-order valence-corrected chi connectivity index (χ4v) is 1.93. The SMILES string of the molecule is CCCNC(CCC(F)(F)F)Cc1cccc(F)c1F. The molecule has 6 heteroatoms. The molecule has 0 spiro atoms. The molecule has 1 atom stereocenters. The van der Waals surface area contributed by atoms with Crippen LogP contribution in [-0.4, -0.2) is 18.8 Å². The van der Waals surface area contributed by atoms with Gasteiger partial charge in [-0.05, 0) is 37.4 Å². The van der Waals surface area contributed by atoms with E-state index in [1.807, 2.05) is 6.92 Å². The standard InChI is InChI=1S/C14H18F5N/c1-2-8-20-11(6-7-14(17,18)19)9-10-4-3-5-12(15)13(10)16/h3-5,11,20H,2,6-9H2,1H3. The van der Waals surface area contributed by atoms with Crippen LogP contribution in [0.5, 0.6) is 0 Å². The van der Waals surface area contributed by atoms with Crippen LogP contribution in [0, 0.1) is 11.6 Å². The van der Waals surface area contributed by atoms with Crippen LogP contribution in [0.2, 0.25) is 0 Å². The van der Waals surface area contributed by atoms with Gasteiger partial charge in [-0.15, -0.1) is 0 Å². The molecular formula is C14H18F5N. The molecule has 0 saturated heterocycles. The van der Waals surface area contributed by atoms with Gasteiger partial charge in [0, 0.05) is 12.5 Å². The first kappa shape index (κ1) is 16.9. The molecular weight excluding hydrogens is 277 g/mol. The number of halogens is 5. The minimum atomic E-state index is -4.24. The van der Waals surface area contributed by atoms with Crippen LogP contribution < -0.4 is 5.32 Å². The number of alkyl halides is 3. The van der Waals surface area contributed by atoms with Gasteiger partial charge in [-0.1, -0.05) is 19.1 Å². The Kier molecular flexibility index (Phi) is 6.39. The molecule has 0 fully saturated rings. The van der Waals surface area contributed by atoms with Crippen molar-refractivity contribution >= 4 is 0 Å². The zero-order valence-corrected chi connectivity index (χ0v) is 11.2. The number of benzene rings is 1. The highest BCUT2D eigenvalue weighted by Crippen LogP contribution is 2.24. The fourth-order valence-electron chi connectivity index (χ4n) is 1.93. The number of rotatable bonds is 7. The predicted molar refractivity (Wildman–Crippen MR) is 67.4 cm³/mol. The third-order valence-electron chi connectivity index (χ3n) is 2.96. The summed E-state index contributed by atoms with van der Waals surface area (Å²) in [5, 5.41) is 2.95. The first-order chi connectivity index (χ1) is 9.33. The van der Waals surface area contributed by atoms with Crippen molar-refractivity contribution < 1.29 is 22.0 Å². The predicted octanol–water partition coefficient (Wildman–Crippen LogP) is 4.22. The van der Waals surface area contributed by atoms with Gasteiger partial charge in [-0.2, -0.15) is 13.2 Å². The van der Waals surface area contributed by atoms with Crippen LogP contribution in [-0.2, 0) is 6.42 Å². The lowest BCUT2D eigenvalue weighted by molar-refractivity contribution is -0.136. The Bertz CT molecular complexity index is 417. The first-order valence-corrected chi connectivity index (χ1v) is 6.56. The summed E-state index contributed by atoms with van der Waals surface area (Å²) in [5.74, 6) is -1.96. The normalized spacial score (nSPS) is 13.5. The molecule has 0 aromatic heterocycles. The molecule has 0 bridgehead atoms. The molecule has 0 aliphatic carbocycles. The van der Waals surface area contributed by atoms with E-state index in [1.54, 1.807) is 0 Å². The monoisotopic (exact) mass is 295 g/mol. The summed E-state index contributed by atoms with van der Waals surface area (Å²) in [6.45, 7) is 2.43. The first-order valence-electron chi connectivity index (χ1n) is 6.56. The van der Waals surface area contributed by atoms with Gasteiger partial charge in [-0.3, -0.25) is 0 Å². The summed E-state index contributed by atoms with van der Waals surface area (Å²) in [6, 6.07) is 3.22. The van der Waals surface area contributed by atoms with Gasteiger partial charge < -0.3 is 5.32 Å². The lowest BCUT2D eigenvalue weighted by Crippen LogP contribution is -2.33. The molecule has 1 aromatic rings. The minimum absolute atomic E-state index is 0.0413. The third kappa shape index (κ3) is 5.86. The van der Waals surface area contributed by atoms with Crippen molar-refractivity contribution in [2.75, 3.05) is 6.54 Å². The van der Waals surface area contributed by atoms with Gasteiger partial charge in [0.25, 0.3) is 0 Å². The van der Waals surface area contributed by atoms with Gasteiger partial charge >= 0.3 is 6.18 Å². The van der Waals surface area contributed by atoms with E-state index in [4.69, 9.17) is 0 Å². The molecule has 114 valence electrons. The molecule has 0 radical (unpaired) electrons. The fraction of sp³-hybridized carbons (Fsp3) is 0.571. The van der Waals surface area contributed by atoms with Gasteiger partial charge in [0.1, 0.15) is 0 Å². The van der Waals surface area contributed by atoms with Crippen molar-refractivity contribution in [1.82, 2.24) is 5.32 Å². The van der Waals surface area contributed by atoms with Gasteiger partial charge in [0.05, 0.1) is 0 Å². The Morgan fingerprint density at radius 1 is 1.20 bits per heavy atom. The van der Waals surface area contributed by atoms with Crippen molar-refractivity contribution in [3.05, 3.63) is 35.4 Å². The van der Waals surface area contributed by atoms with E-state index in [-0.39, 0.29) is 18.4 Å². The summed E-state index contributed by atoms with van der Waals surface area (Å²) >= 11 is 0. The molecule has 0 saturated carbocycles. The molecule has 1 aromatic carbocycles. The quantitative estimate of drug-likeness (QED) is 0.743. The summed E-state index contributed by atoms with van der Waals surface area (Å²) in [6.07, 6.45) is -4.54. The summed E-state index contributed by atoms with van der Waals surface area (Å²) < 4.78 is 63.4. The second-order valence-corrected chi connectivity index (χ2v) is 4.72. The maximum atomic E-state index is 13.5. The Morgan fingerprint density at radius 3 is 2.50 bits per heavy atom. The van der Waals surface area contributed by atoms with E-state index in [1.165, 1.54) is 12.1 Å². The Morgan fingerprint density at radius 2 is 1.90 bits per heavy atom. The zero-order chi connectivity index (χ0) is 15.2. The lowest BCUT2D eigenvalue weighted by Gasteiger charge is -2.20. The van der Waals surface area contributed by atoms with E-state index < -0.39 is 30.3 Å². The average Bonchev–Trinajstić information content (AvgIpc) is 2.37. The number of hydrogen-bond donors (Lipinski definition) is 1. The van der Waals surface area contributed by atoms with Gasteiger partial charge in [0.15, 0.2) is 11.6 Å². The lowest BCUT2D eigenvalue weighted by atomic mass is 10.0. The van der Waals surface area contributed by atoms with Crippen LogP contribution >= 0.6 is 0 Å². The minimum Gasteiger partial charge on any atom is -0.314 e. The highest BCUT2D eigenvalue weighted by Gasteiger charge is 2.28. The van der Waals surface area contributed by atoms with Crippen molar-refractivity contribution in [2.45, 2.75) is 44.8 Å². The molecule has 0 aliphatic heterocycles. The highest BCUT2D eigenvalue weighted by molar-refractivity contribution is 5.20. The number of nitrogens with one attached hydrogen (secondary N) is 1. The number of hydrogen-bond acceptors (Lipinski definition) is 1. The Labute approximate surface area is 115 Å². The summed E-state index contributed by atoms with van der Waals surface area (Å²) in [7, 11) is 0. The smallest absolute Gasteiger partial charge is 0.314 e. The molecule has 1 rings (SSSR count). The van der Waals surface area contributed by atoms with Crippen LogP contribution in [0.1, 0.15) is 31.7 Å². The van der Waals surface area contributed by atoms with Crippen LogP contribution in [0.25, 0.3) is 0 Å². The topological polar surface area (TPSA) is 12.0 Å². The highest BCUT2D eigenvalue weighted by atomic mass is 19.4. The van der Waals surface area contributed by atoms with E-state index in [9.17, 15) is 22.0 Å². The van der Waals surface area contributed by atoms with Crippen LogP contribution in [0.3, 0.4) is 0 Å². The van der Waals surface area contributed by atoms with Crippen molar-refractivity contribution in [3.63, 3.8) is 0 Å². The summed E-state index contributed by atoms with van der Waals surface area (Å²) in [5.41, 5.74) is 0.0979. The maximum absolute atomic E-state index is 13.5.